The molecule has 0 radical (unpaired) electrons. The van der Waals surface area contributed by atoms with Crippen LogP contribution in [-0.4, -0.2) is 40.8 Å². The van der Waals surface area contributed by atoms with Crippen LogP contribution in [0.25, 0.3) is 0 Å². The minimum atomic E-state index is -0.730. The predicted octanol–water partition coefficient (Wildman–Crippen LogP) is 1.79. The fourth-order valence-corrected chi connectivity index (χ4v) is 1.85. The van der Waals surface area contributed by atoms with Crippen LogP contribution in [0, 0.1) is 11.3 Å². The molecule has 5 nitrogen and oxygen atoms in total. The number of carbonyl (C=O) groups excluding carboxylic acids is 2. The number of carbonyl (C=O) groups is 2. The topological polar surface area (TPSA) is 66.8 Å². The zero-order chi connectivity index (χ0) is 14.1. The van der Waals surface area contributed by atoms with Crippen LogP contribution in [0.2, 0.25) is 0 Å². The molecule has 0 aliphatic carbocycles. The molecule has 5 heteroatoms. The second-order valence-electron chi connectivity index (χ2n) is 6.24. The van der Waals surface area contributed by atoms with E-state index in [9.17, 15) is 14.7 Å². The zero-order valence-corrected chi connectivity index (χ0v) is 11.8. The number of cyclic esters (lactones) is 1. The van der Waals surface area contributed by atoms with E-state index in [-0.39, 0.29) is 36.3 Å². The highest BCUT2D eigenvalue weighted by molar-refractivity contribution is 5.93. The van der Waals surface area contributed by atoms with Crippen LogP contribution in [0.5, 0.6) is 0 Å². The number of aliphatic hydroxyl groups excluding tert-OH is 1. The molecule has 18 heavy (non-hydrogen) atoms. The summed E-state index contributed by atoms with van der Waals surface area (Å²) in [5.41, 5.74) is -0.232. The first kappa shape index (κ1) is 15.0. The highest BCUT2D eigenvalue weighted by Crippen LogP contribution is 2.30. The van der Waals surface area contributed by atoms with E-state index in [1.807, 2.05) is 34.6 Å². The van der Waals surface area contributed by atoms with Gasteiger partial charge >= 0.3 is 6.09 Å². The first-order chi connectivity index (χ1) is 8.14. The maximum Gasteiger partial charge on any atom is 0.416 e. The molecule has 0 aromatic carbocycles. The number of rotatable bonds is 3. The van der Waals surface area contributed by atoms with Crippen molar-refractivity contribution in [3.8, 4) is 0 Å². The van der Waals surface area contributed by atoms with E-state index in [4.69, 9.17) is 4.74 Å². The van der Waals surface area contributed by atoms with E-state index in [1.54, 1.807) is 0 Å². The Bertz CT molecular complexity index is 332. The molecular weight excluding hydrogens is 234 g/mol. The van der Waals surface area contributed by atoms with Gasteiger partial charge in [0.25, 0.3) is 0 Å². The molecule has 0 bridgehead atoms. The summed E-state index contributed by atoms with van der Waals surface area (Å²) in [6.45, 7) is 9.77. The van der Waals surface area contributed by atoms with Gasteiger partial charge < -0.3 is 9.84 Å². The van der Waals surface area contributed by atoms with Gasteiger partial charge in [-0.05, 0) is 11.3 Å². The molecule has 0 aromatic heterocycles. The number of nitrogens with zero attached hydrogens (tertiary/aromatic N) is 1. The Hall–Kier alpha value is -1.10. The van der Waals surface area contributed by atoms with Crippen molar-refractivity contribution in [1.82, 2.24) is 4.90 Å². The van der Waals surface area contributed by atoms with Gasteiger partial charge in [-0.3, -0.25) is 4.79 Å². The van der Waals surface area contributed by atoms with Crippen LogP contribution >= 0.6 is 0 Å². The van der Waals surface area contributed by atoms with Gasteiger partial charge in [0.2, 0.25) is 5.91 Å². The lowest BCUT2D eigenvalue weighted by Crippen LogP contribution is -2.47. The number of ether oxygens (including phenoxy) is 1. The first-order valence-electron chi connectivity index (χ1n) is 6.31. The lowest BCUT2D eigenvalue weighted by atomic mass is 9.86. The number of hydrogen-bond acceptors (Lipinski definition) is 4. The van der Waals surface area contributed by atoms with E-state index in [2.05, 4.69) is 0 Å². The summed E-state index contributed by atoms with van der Waals surface area (Å²) in [6.07, 6.45) is -1.37. The third-order valence-corrected chi connectivity index (χ3v) is 3.29. The number of amides is 2. The van der Waals surface area contributed by atoms with Gasteiger partial charge in [0.1, 0.15) is 6.61 Å². The highest BCUT2D eigenvalue weighted by atomic mass is 16.6. The molecule has 2 amide bonds. The van der Waals surface area contributed by atoms with Gasteiger partial charge in [0.15, 0.2) is 0 Å². The predicted molar refractivity (Wildman–Crippen MR) is 66.9 cm³/mol. The zero-order valence-electron chi connectivity index (χ0n) is 11.8. The third kappa shape index (κ3) is 3.22. The molecule has 1 N–H and O–H groups in total. The molecule has 0 saturated carbocycles. The second kappa shape index (κ2) is 5.26. The van der Waals surface area contributed by atoms with Crippen molar-refractivity contribution < 1.29 is 19.4 Å². The van der Waals surface area contributed by atoms with Gasteiger partial charge in [-0.15, -0.1) is 0 Å². The Balaban J connectivity index is 2.79. The highest BCUT2D eigenvalue weighted by Gasteiger charge is 2.44. The summed E-state index contributed by atoms with van der Waals surface area (Å²) in [4.78, 5) is 24.9. The summed E-state index contributed by atoms with van der Waals surface area (Å²) < 4.78 is 4.95. The van der Waals surface area contributed by atoms with E-state index >= 15 is 0 Å². The average Bonchev–Trinajstić information content (AvgIpc) is 2.59. The molecule has 1 heterocycles. The molecule has 0 aromatic rings. The Kier molecular flexibility index (Phi) is 4.37. The van der Waals surface area contributed by atoms with Crippen molar-refractivity contribution in [1.29, 1.82) is 0 Å². The Morgan fingerprint density at radius 1 is 1.50 bits per heavy atom. The van der Waals surface area contributed by atoms with Crippen molar-refractivity contribution in [2.75, 3.05) is 6.61 Å². The first-order valence-corrected chi connectivity index (χ1v) is 6.31. The minimum Gasteiger partial charge on any atom is -0.447 e. The van der Waals surface area contributed by atoms with E-state index in [0.29, 0.717) is 0 Å². The molecule has 1 fully saturated rings. The molecule has 1 rings (SSSR count). The molecule has 1 saturated heterocycles. The Labute approximate surface area is 108 Å². The summed E-state index contributed by atoms with van der Waals surface area (Å²) in [6, 6.07) is -0.267. The molecule has 0 unspecified atom stereocenters. The smallest absolute Gasteiger partial charge is 0.416 e. The van der Waals surface area contributed by atoms with E-state index in [0.717, 1.165) is 4.90 Å². The fraction of sp³-hybridized carbons (Fsp3) is 0.846. The molecular formula is C13H23NO4. The summed E-state index contributed by atoms with van der Waals surface area (Å²) in [5.74, 6) is -0.376. The maximum absolute atomic E-state index is 12.1. The third-order valence-electron chi connectivity index (χ3n) is 3.29. The molecule has 2 atom stereocenters. The largest absolute Gasteiger partial charge is 0.447 e. The minimum absolute atomic E-state index is 0.0133. The Morgan fingerprint density at radius 3 is 2.50 bits per heavy atom. The Morgan fingerprint density at radius 2 is 2.06 bits per heavy atom. The van der Waals surface area contributed by atoms with Crippen LogP contribution in [0.1, 0.15) is 41.0 Å². The lowest BCUT2D eigenvalue weighted by molar-refractivity contribution is -0.133. The fourth-order valence-electron chi connectivity index (χ4n) is 1.85. The number of imide groups is 1. The van der Waals surface area contributed by atoms with E-state index in [1.165, 1.54) is 0 Å². The van der Waals surface area contributed by atoms with Crippen molar-refractivity contribution in [3.05, 3.63) is 0 Å². The monoisotopic (exact) mass is 257 g/mol. The normalized spacial score (nSPS) is 22.3. The summed E-state index contributed by atoms with van der Waals surface area (Å²) in [7, 11) is 0. The van der Waals surface area contributed by atoms with Crippen molar-refractivity contribution >= 4 is 12.0 Å². The van der Waals surface area contributed by atoms with Crippen LogP contribution in [-0.2, 0) is 9.53 Å². The van der Waals surface area contributed by atoms with Gasteiger partial charge in [0.05, 0.1) is 18.6 Å². The quantitative estimate of drug-likeness (QED) is 0.837. The second-order valence-corrected chi connectivity index (χ2v) is 6.24. The van der Waals surface area contributed by atoms with Crippen molar-refractivity contribution in [3.63, 3.8) is 0 Å². The summed E-state index contributed by atoms with van der Waals surface area (Å²) in [5, 5.41) is 9.73. The average molecular weight is 257 g/mol. The molecule has 0 spiro atoms. The lowest BCUT2D eigenvalue weighted by Gasteiger charge is -2.31. The number of aliphatic hydroxyl groups is 1. The molecule has 1 aliphatic rings. The van der Waals surface area contributed by atoms with Gasteiger partial charge in [-0.25, -0.2) is 9.69 Å². The van der Waals surface area contributed by atoms with Crippen LogP contribution in [0.3, 0.4) is 0 Å². The SMILES string of the molecule is CC(C)[C@@H](O)CC(=O)N1C(=O)OC[C@@H]1C(C)(C)C. The number of hydrogen-bond donors (Lipinski definition) is 1. The van der Waals surface area contributed by atoms with Crippen molar-refractivity contribution in [2.45, 2.75) is 53.2 Å². The summed E-state index contributed by atoms with van der Waals surface area (Å²) >= 11 is 0. The molecule has 104 valence electrons. The van der Waals surface area contributed by atoms with Crippen LogP contribution in [0.15, 0.2) is 0 Å². The maximum atomic E-state index is 12.1. The molecule has 1 aliphatic heterocycles. The van der Waals surface area contributed by atoms with E-state index < -0.39 is 12.2 Å². The van der Waals surface area contributed by atoms with Gasteiger partial charge in [-0.2, -0.15) is 0 Å². The van der Waals surface area contributed by atoms with Crippen LogP contribution in [0.4, 0.5) is 4.79 Å². The van der Waals surface area contributed by atoms with Crippen LogP contribution < -0.4 is 0 Å². The van der Waals surface area contributed by atoms with Crippen molar-refractivity contribution in [2.24, 2.45) is 11.3 Å². The standard InChI is InChI=1S/C13H23NO4/c1-8(2)9(15)6-11(16)14-10(13(3,4)5)7-18-12(14)17/h8-10,15H,6-7H2,1-5H3/t9-,10+/m0/s1. The van der Waals surface area contributed by atoms with Gasteiger partial charge in [0, 0.05) is 0 Å². The van der Waals surface area contributed by atoms with Gasteiger partial charge in [-0.1, -0.05) is 34.6 Å².